The molecular weight excluding hydrogens is 302 g/mol. The zero-order chi connectivity index (χ0) is 13.4. The minimum atomic E-state index is 0.124. The van der Waals surface area contributed by atoms with E-state index in [9.17, 15) is 0 Å². The van der Waals surface area contributed by atoms with E-state index < -0.39 is 0 Å². The maximum absolute atomic E-state index is 6.33. The van der Waals surface area contributed by atoms with Gasteiger partial charge in [-0.1, -0.05) is 41.8 Å². The van der Waals surface area contributed by atoms with E-state index >= 15 is 0 Å². The summed E-state index contributed by atoms with van der Waals surface area (Å²) < 4.78 is 7.33. The van der Waals surface area contributed by atoms with E-state index in [2.05, 4.69) is 35.0 Å². The van der Waals surface area contributed by atoms with E-state index in [-0.39, 0.29) is 6.04 Å². The molecule has 1 aromatic carbocycles. The first-order valence-electron chi connectivity index (χ1n) is 7.35. The molecule has 1 fully saturated rings. The van der Waals surface area contributed by atoms with E-state index in [1.165, 1.54) is 25.7 Å². The molecule has 1 aromatic rings. The van der Waals surface area contributed by atoms with E-state index in [0.717, 1.165) is 28.1 Å². The molecule has 1 aliphatic heterocycles. The van der Waals surface area contributed by atoms with Crippen LogP contribution < -0.4 is 10.5 Å². The van der Waals surface area contributed by atoms with Crippen LogP contribution in [0.15, 0.2) is 22.7 Å². The van der Waals surface area contributed by atoms with E-state index in [0.29, 0.717) is 12.0 Å². The third kappa shape index (κ3) is 2.82. The third-order valence-corrected chi connectivity index (χ3v) is 5.14. The highest BCUT2D eigenvalue weighted by molar-refractivity contribution is 9.10. The van der Waals surface area contributed by atoms with Gasteiger partial charge in [0.2, 0.25) is 0 Å². The van der Waals surface area contributed by atoms with E-state index in [1.807, 2.05) is 6.07 Å². The van der Waals surface area contributed by atoms with Crippen molar-refractivity contribution in [2.75, 3.05) is 0 Å². The number of fused-ring (bicyclic) bond motifs is 1. The summed E-state index contributed by atoms with van der Waals surface area (Å²) in [7, 11) is 0. The van der Waals surface area contributed by atoms with Crippen molar-refractivity contribution >= 4 is 15.9 Å². The first-order chi connectivity index (χ1) is 9.13. The summed E-state index contributed by atoms with van der Waals surface area (Å²) in [6.45, 7) is 2.36. The summed E-state index contributed by atoms with van der Waals surface area (Å²) in [6.07, 6.45) is 6.57. The van der Waals surface area contributed by atoms with Gasteiger partial charge in [-0.2, -0.15) is 0 Å². The summed E-state index contributed by atoms with van der Waals surface area (Å²) in [4.78, 5) is 0. The predicted octanol–water partition coefficient (Wildman–Crippen LogP) is 4.43. The van der Waals surface area contributed by atoms with Crippen LogP contribution in [0.2, 0.25) is 0 Å². The minimum Gasteiger partial charge on any atom is -0.490 e. The SMILES string of the molecule is CC1CCCC(C2CC(N)c3ccc(Br)cc3O2)C1. The number of benzene rings is 1. The Kier molecular flexibility index (Phi) is 3.86. The maximum atomic E-state index is 6.33. The lowest BCUT2D eigenvalue weighted by Crippen LogP contribution is -2.37. The second kappa shape index (κ2) is 5.45. The molecule has 4 atom stereocenters. The fourth-order valence-corrected chi connectivity index (χ4v) is 3.95. The maximum Gasteiger partial charge on any atom is 0.125 e. The third-order valence-electron chi connectivity index (χ3n) is 4.64. The number of hydrogen-bond donors (Lipinski definition) is 1. The van der Waals surface area contributed by atoms with Gasteiger partial charge in [0.25, 0.3) is 0 Å². The van der Waals surface area contributed by atoms with Crippen molar-refractivity contribution in [3.8, 4) is 5.75 Å². The lowest BCUT2D eigenvalue weighted by Gasteiger charge is -2.38. The van der Waals surface area contributed by atoms with Crippen molar-refractivity contribution in [2.45, 2.75) is 51.2 Å². The first-order valence-corrected chi connectivity index (χ1v) is 8.14. The number of hydrogen-bond acceptors (Lipinski definition) is 2. The number of nitrogens with two attached hydrogens (primary N) is 1. The monoisotopic (exact) mass is 323 g/mol. The largest absolute Gasteiger partial charge is 0.490 e. The molecule has 0 bridgehead atoms. The van der Waals surface area contributed by atoms with Crippen molar-refractivity contribution in [3.05, 3.63) is 28.2 Å². The average molecular weight is 324 g/mol. The molecule has 3 rings (SSSR count). The Morgan fingerprint density at radius 1 is 1.26 bits per heavy atom. The fourth-order valence-electron chi connectivity index (χ4n) is 3.61. The molecule has 104 valence electrons. The highest BCUT2D eigenvalue weighted by atomic mass is 79.9. The standard InChI is InChI=1S/C16H22BrNO/c1-10-3-2-4-11(7-10)15-9-14(18)13-6-5-12(17)8-16(13)19-15/h5-6,8,10-11,14-15H,2-4,7,9,18H2,1H3. The second-order valence-electron chi connectivity index (χ2n) is 6.21. The van der Waals surface area contributed by atoms with E-state index in [4.69, 9.17) is 10.5 Å². The Hall–Kier alpha value is -0.540. The van der Waals surface area contributed by atoms with Crippen molar-refractivity contribution < 1.29 is 4.74 Å². The molecule has 0 radical (unpaired) electrons. The van der Waals surface area contributed by atoms with E-state index in [1.54, 1.807) is 0 Å². The van der Waals surface area contributed by atoms with Gasteiger partial charge in [-0.3, -0.25) is 0 Å². The van der Waals surface area contributed by atoms with Crippen LogP contribution in [0.4, 0.5) is 0 Å². The molecule has 0 amide bonds. The van der Waals surface area contributed by atoms with Crippen molar-refractivity contribution in [3.63, 3.8) is 0 Å². The molecule has 3 heteroatoms. The zero-order valence-corrected chi connectivity index (χ0v) is 13.0. The van der Waals surface area contributed by atoms with Gasteiger partial charge in [-0.15, -0.1) is 0 Å². The Labute approximate surface area is 123 Å². The van der Waals surface area contributed by atoms with Crippen LogP contribution in [-0.2, 0) is 0 Å². The summed E-state index contributed by atoms with van der Waals surface area (Å²) in [5.74, 6) is 2.50. The zero-order valence-electron chi connectivity index (χ0n) is 11.4. The summed E-state index contributed by atoms with van der Waals surface area (Å²) in [5, 5.41) is 0. The minimum absolute atomic E-state index is 0.124. The molecular formula is C16H22BrNO. The fraction of sp³-hybridized carbons (Fsp3) is 0.625. The van der Waals surface area contributed by atoms with Crippen molar-refractivity contribution in [1.82, 2.24) is 0 Å². The van der Waals surface area contributed by atoms with Gasteiger partial charge in [0.1, 0.15) is 11.9 Å². The summed E-state index contributed by atoms with van der Waals surface area (Å²) >= 11 is 3.52. The van der Waals surface area contributed by atoms with Crippen molar-refractivity contribution in [1.29, 1.82) is 0 Å². The van der Waals surface area contributed by atoms with Gasteiger partial charge < -0.3 is 10.5 Å². The van der Waals surface area contributed by atoms with Gasteiger partial charge in [-0.25, -0.2) is 0 Å². The number of halogens is 1. The van der Waals surface area contributed by atoms with Crippen LogP contribution in [-0.4, -0.2) is 6.10 Å². The molecule has 1 heterocycles. The Morgan fingerprint density at radius 3 is 2.89 bits per heavy atom. The van der Waals surface area contributed by atoms with Crippen LogP contribution in [0.3, 0.4) is 0 Å². The topological polar surface area (TPSA) is 35.2 Å². The van der Waals surface area contributed by atoms with Gasteiger partial charge in [0.05, 0.1) is 0 Å². The van der Waals surface area contributed by atoms with Gasteiger partial charge in [0.15, 0.2) is 0 Å². The number of ether oxygens (including phenoxy) is 1. The lowest BCUT2D eigenvalue weighted by molar-refractivity contribution is 0.0665. The highest BCUT2D eigenvalue weighted by Gasteiger charge is 2.33. The normalized spacial score (nSPS) is 34.5. The van der Waals surface area contributed by atoms with Crippen LogP contribution in [0.1, 0.15) is 50.6 Å². The van der Waals surface area contributed by atoms with Gasteiger partial charge in [0, 0.05) is 22.5 Å². The average Bonchev–Trinajstić information content (AvgIpc) is 2.38. The molecule has 19 heavy (non-hydrogen) atoms. The second-order valence-corrected chi connectivity index (χ2v) is 7.13. The molecule has 1 aliphatic carbocycles. The Morgan fingerprint density at radius 2 is 2.11 bits per heavy atom. The Balaban J connectivity index is 1.80. The predicted molar refractivity (Wildman–Crippen MR) is 81.2 cm³/mol. The highest BCUT2D eigenvalue weighted by Crippen LogP contribution is 2.41. The van der Waals surface area contributed by atoms with Crippen molar-refractivity contribution in [2.24, 2.45) is 17.6 Å². The van der Waals surface area contributed by atoms with Crippen LogP contribution in [0, 0.1) is 11.8 Å². The molecule has 2 N–H and O–H groups in total. The molecule has 2 aliphatic rings. The molecule has 0 saturated heterocycles. The number of rotatable bonds is 1. The van der Waals surface area contributed by atoms with Crippen LogP contribution in [0.25, 0.3) is 0 Å². The van der Waals surface area contributed by atoms with Gasteiger partial charge >= 0.3 is 0 Å². The lowest BCUT2D eigenvalue weighted by atomic mass is 9.77. The molecule has 4 unspecified atom stereocenters. The molecule has 0 spiro atoms. The summed E-state index contributed by atoms with van der Waals surface area (Å²) in [6, 6.07) is 6.32. The quantitative estimate of drug-likeness (QED) is 0.829. The summed E-state index contributed by atoms with van der Waals surface area (Å²) in [5.41, 5.74) is 7.49. The molecule has 1 saturated carbocycles. The van der Waals surface area contributed by atoms with Gasteiger partial charge in [-0.05, 0) is 36.8 Å². The molecule has 0 aromatic heterocycles. The molecule has 2 nitrogen and oxygen atoms in total. The van der Waals surface area contributed by atoms with Crippen LogP contribution >= 0.6 is 15.9 Å². The first kappa shape index (κ1) is 13.4. The smallest absolute Gasteiger partial charge is 0.125 e. The van der Waals surface area contributed by atoms with Crippen LogP contribution in [0.5, 0.6) is 5.75 Å². The Bertz CT molecular complexity index is 462.